The van der Waals surface area contributed by atoms with Crippen LogP contribution in [-0.2, 0) is 4.79 Å². The summed E-state index contributed by atoms with van der Waals surface area (Å²) in [5.74, 6) is 1.22. The fourth-order valence-corrected chi connectivity index (χ4v) is 4.92. The van der Waals surface area contributed by atoms with E-state index >= 15 is 0 Å². The second-order valence-corrected chi connectivity index (χ2v) is 8.99. The number of carbonyl (C=O) groups excluding carboxylic acids is 1. The molecule has 1 saturated carbocycles. The SMILES string of the molecule is CC(C)c1ccc(/C=C2\S/C(=N/c3ccccn3)N(C3CCCCC3)C2=O)cc1. The van der Waals surface area contributed by atoms with Crippen LogP contribution in [0.25, 0.3) is 6.08 Å². The van der Waals surface area contributed by atoms with Crippen LogP contribution >= 0.6 is 11.8 Å². The van der Waals surface area contributed by atoms with Crippen LogP contribution in [0, 0.1) is 0 Å². The van der Waals surface area contributed by atoms with Gasteiger partial charge in [-0.25, -0.2) is 9.98 Å². The standard InChI is InChI=1S/C24H27N3OS/c1-17(2)19-13-11-18(12-14-19)16-21-23(28)27(20-8-4-3-5-9-20)24(29-21)26-22-10-6-7-15-25-22/h6-7,10-17,20H,3-5,8-9H2,1-2H3/b21-16-,26-24+. The highest BCUT2D eigenvalue weighted by Gasteiger charge is 2.38. The molecule has 150 valence electrons. The van der Waals surface area contributed by atoms with Crippen molar-refractivity contribution >= 4 is 34.7 Å². The molecule has 0 spiro atoms. The average Bonchev–Trinajstić information content (AvgIpc) is 3.04. The molecule has 1 amide bonds. The summed E-state index contributed by atoms with van der Waals surface area (Å²) in [4.78, 5) is 25.0. The molecule has 1 aliphatic heterocycles. The average molecular weight is 406 g/mol. The molecule has 1 aromatic carbocycles. The van der Waals surface area contributed by atoms with Gasteiger partial charge in [-0.3, -0.25) is 9.69 Å². The molecule has 2 aromatic rings. The number of benzene rings is 1. The maximum atomic E-state index is 13.3. The molecule has 1 aromatic heterocycles. The molecule has 0 N–H and O–H groups in total. The van der Waals surface area contributed by atoms with Crippen molar-refractivity contribution in [3.63, 3.8) is 0 Å². The number of hydrogen-bond acceptors (Lipinski definition) is 4. The first-order valence-corrected chi connectivity index (χ1v) is 11.3. The highest BCUT2D eigenvalue weighted by Crippen LogP contribution is 2.38. The molecule has 4 rings (SSSR count). The van der Waals surface area contributed by atoms with Crippen LogP contribution in [0.2, 0.25) is 0 Å². The second-order valence-electron chi connectivity index (χ2n) is 7.98. The van der Waals surface area contributed by atoms with Gasteiger partial charge in [0.15, 0.2) is 11.0 Å². The van der Waals surface area contributed by atoms with Crippen molar-refractivity contribution in [1.82, 2.24) is 9.88 Å². The number of aliphatic imine (C=N–C) groups is 1. The summed E-state index contributed by atoms with van der Waals surface area (Å²) >= 11 is 1.47. The fraction of sp³-hybridized carbons (Fsp3) is 0.375. The minimum Gasteiger partial charge on any atom is -0.283 e. The van der Waals surface area contributed by atoms with Crippen molar-refractivity contribution in [3.8, 4) is 0 Å². The molecule has 0 atom stereocenters. The first-order chi connectivity index (χ1) is 14.1. The number of aromatic nitrogens is 1. The van der Waals surface area contributed by atoms with Crippen LogP contribution in [0.1, 0.15) is 63.0 Å². The molecule has 29 heavy (non-hydrogen) atoms. The van der Waals surface area contributed by atoms with Gasteiger partial charge in [0.2, 0.25) is 0 Å². The summed E-state index contributed by atoms with van der Waals surface area (Å²) < 4.78 is 0. The molecule has 0 radical (unpaired) electrons. The first-order valence-electron chi connectivity index (χ1n) is 10.4. The second kappa shape index (κ2) is 8.95. The van der Waals surface area contributed by atoms with E-state index in [-0.39, 0.29) is 11.9 Å². The van der Waals surface area contributed by atoms with Gasteiger partial charge in [0, 0.05) is 12.2 Å². The largest absolute Gasteiger partial charge is 0.283 e. The summed E-state index contributed by atoms with van der Waals surface area (Å²) in [6, 6.07) is 14.4. The Bertz CT molecular complexity index is 913. The third-order valence-electron chi connectivity index (χ3n) is 5.54. The Morgan fingerprint density at radius 2 is 1.86 bits per heavy atom. The Morgan fingerprint density at radius 1 is 1.10 bits per heavy atom. The van der Waals surface area contributed by atoms with Crippen molar-refractivity contribution < 1.29 is 4.79 Å². The molecular weight excluding hydrogens is 378 g/mol. The van der Waals surface area contributed by atoms with E-state index in [0.717, 1.165) is 28.5 Å². The maximum Gasteiger partial charge on any atom is 0.267 e. The molecule has 5 heteroatoms. The van der Waals surface area contributed by atoms with Gasteiger partial charge < -0.3 is 0 Å². The van der Waals surface area contributed by atoms with E-state index < -0.39 is 0 Å². The highest BCUT2D eigenvalue weighted by molar-refractivity contribution is 8.18. The molecule has 1 aliphatic carbocycles. The number of rotatable bonds is 4. The zero-order valence-corrected chi connectivity index (χ0v) is 17.9. The number of amidine groups is 1. The Hall–Kier alpha value is -2.40. The molecular formula is C24H27N3OS. The Labute approximate surface area is 177 Å². The quantitative estimate of drug-likeness (QED) is 0.574. The minimum atomic E-state index is 0.0736. The van der Waals surface area contributed by atoms with Crippen LogP contribution in [0.4, 0.5) is 5.82 Å². The van der Waals surface area contributed by atoms with Crippen LogP contribution in [0.5, 0.6) is 0 Å². The first kappa shape index (κ1) is 19.9. The monoisotopic (exact) mass is 405 g/mol. The number of nitrogens with zero attached hydrogens (tertiary/aromatic N) is 3. The van der Waals surface area contributed by atoms with E-state index in [1.54, 1.807) is 6.20 Å². The van der Waals surface area contributed by atoms with Crippen molar-refractivity contribution in [1.29, 1.82) is 0 Å². The predicted molar refractivity (Wildman–Crippen MR) is 121 cm³/mol. The maximum absolute atomic E-state index is 13.3. The van der Waals surface area contributed by atoms with E-state index in [2.05, 4.69) is 43.1 Å². The number of hydrogen-bond donors (Lipinski definition) is 0. The summed E-state index contributed by atoms with van der Waals surface area (Å²) in [5, 5.41) is 0.755. The van der Waals surface area contributed by atoms with Gasteiger partial charge >= 0.3 is 0 Å². The lowest BCUT2D eigenvalue weighted by Gasteiger charge is -2.30. The van der Waals surface area contributed by atoms with Crippen LogP contribution in [-0.4, -0.2) is 27.0 Å². The number of carbonyl (C=O) groups is 1. The van der Waals surface area contributed by atoms with E-state index in [0.29, 0.717) is 11.7 Å². The van der Waals surface area contributed by atoms with Crippen molar-refractivity contribution in [2.24, 2.45) is 4.99 Å². The lowest BCUT2D eigenvalue weighted by Crippen LogP contribution is -2.40. The predicted octanol–water partition coefficient (Wildman–Crippen LogP) is 6.14. The van der Waals surface area contributed by atoms with Crippen molar-refractivity contribution in [2.75, 3.05) is 0 Å². The zero-order chi connectivity index (χ0) is 20.2. The van der Waals surface area contributed by atoms with Crippen molar-refractivity contribution in [3.05, 3.63) is 64.7 Å². The third-order valence-corrected chi connectivity index (χ3v) is 6.52. The Morgan fingerprint density at radius 3 is 2.52 bits per heavy atom. The number of thioether (sulfide) groups is 1. The fourth-order valence-electron chi connectivity index (χ4n) is 3.87. The molecule has 2 aliphatic rings. The van der Waals surface area contributed by atoms with Gasteiger partial charge in [-0.2, -0.15) is 0 Å². The smallest absolute Gasteiger partial charge is 0.267 e. The van der Waals surface area contributed by atoms with Gasteiger partial charge in [-0.1, -0.05) is 63.4 Å². The van der Waals surface area contributed by atoms with Crippen LogP contribution < -0.4 is 0 Å². The van der Waals surface area contributed by atoms with Crippen LogP contribution in [0.3, 0.4) is 0 Å². The molecule has 2 fully saturated rings. The summed E-state index contributed by atoms with van der Waals surface area (Å²) in [5.41, 5.74) is 2.35. The van der Waals surface area contributed by atoms with E-state index in [1.165, 1.54) is 36.6 Å². The number of amides is 1. The molecule has 4 nitrogen and oxygen atoms in total. The van der Waals surface area contributed by atoms with E-state index in [1.807, 2.05) is 29.2 Å². The molecule has 0 unspecified atom stereocenters. The minimum absolute atomic E-state index is 0.0736. The Kier molecular flexibility index (Phi) is 6.14. The van der Waals surface area contributed by atoms with E-state index in [9.17, 15) is 4.79 Å². The van der Waals surface area contributed by atoms with E-state index in [4.69, 9.17) is 4.99 Å². The topological polar surface area (TPSA) is 45.6 Å². The summed E-state index contributed by atoms with van der Waals surface area (Å²) in [6.45, 7) is 4.37. The lowest BCUT2D eigenvalue weighted by molar-refractivity contribution is -0.124. The summed E-state index contributed by atoms with van der Waals surface area (Å²) in [6.07, 6.45) is 9.42. The molecule has 2 heterocycles. The van der Waals surface area contributed by atoms with Gasteiger partial charge in [0.25, 0.3) is 5.91 Å². The van der Waals surface area contributed by atoms with Gasteiger partial charge in [0.1, 0.15) is 0 Å². The van der Waals surface area contributed by atoms with Crippen molar-refractivity contribution in [2.45, 2.75) is 57.9 Å². The van der Waals surface area contributed by atoms with Gasteiger partial charge in [-0.05, 0) is 59.9 Å². The van der Waals surface area contributed by atoms with Crippen LogP contribution in [0.15, 0.2) is 58.6 Å². The van der Waals surface area contributed by atoms with Gasteiger partial charge in [-0.15, -0.1) is 0 Å². The molecule has 1 saturated heterocycles. The third kappa shape index (κ3) is 4.61. The molecule has 0 bridgehead atoms. The highest BCUT2D eigenvalue weighted by atomic mass is 32.2. The Balaban J connectivity index is 1.65. The lowest BCUT2D eigenvalue weighted by atomic mass is 9.94. The van der Waals surface area contributed by atoms with Gasteiger partial charge in [0.05, 0.1) is 4.91 Å². The number of pyridine rings is 1. The summed E-state index contributed by atoms with van der Waals surface area (Å²) in [7, 11) is 0. The zero-order valence-electron chi connectivity index (χ0n) is 17.0. The normalized spacial score (nSPS) is 20.9.